The smallest absolute Gasteiger partial charge is 0.119 e. The van der Waals surface area contributed by atoms with E-state index in [0.29, 0.717) is 12.6 Å². The average Bonchev–Trinajstić information content (AvgIpc) is 2.35. The lowest BCUT2D eigenvalue weighted by Crippen LogP contribution is -2.36. The second-order valence-corrected chi connectivity index (χ2v) is 5.37. The molecular weight excluding hydrogens is 238 g/mol. The molecule has 2 atom stereocenters. The van der Waals surface area contributed by atoms with Gasteiger partial charge in [-0.1, -0.05) is 32.6 Å². The summed E-state index contributed by atoms with van der Waals surface area (Å²) < 4.78 is 5.53. The van der Waals surface area contributed by atoms with E-state index in [1.807, 2.05) is 38.1 Å². The van der Waals surface area contributed by atoms with Crippen LogP contribution in [-0.4, -0.2) is 23.8 Å². The SMILES string of the molecule is C=C(C)COc1ccc(C(O)C(C)NC(C)C)cc1. The Morgan fingerprint density at radius 3 is 2.32 bits per heavy atom. The van der Waals surface area contributed by atoms with Gasteiger partial charge in [0.1, 0.15) is 12.4 Å². The number of hydrogen-bond donors (Lipinski definition) is 2. The normalized spacial score (nSPS) is 14.2. The molecule has 3 heteroatoms. The van der Waals surface area contributed by atoms with Crippen LogP contribution in [0, 0.1) is 0 Å². The average molecular weight is 263 g/mol. The molecule has 19 heavy (non-hydrogen) atoms. The van der Waals surface area contributed by atoms with Crippen LogP contribution in [-0.2, 0) is 0 Å². The minimum absolute atomic E-state index is 0.0159. The second-order valence-electron chi connectivity index (χ2n) is 5.37. The molecule has 0 aliphatic heterocycles. The van der Waals surface area contributed by atoms with Gasteiger partial charge in [0.05, 0.1) is 6.10 Å². The maximum atomic E-state index is 10.2. The number of nitrogens with one attached hydrogen (secondary N) is 1. The molecule has 0 aliphatic rings. The van der Waals surface area contributed by atoms with Gasteiger partial charge in [0.2, 0.25) is 0 Å². The van der Waals surface area contributed by atoms with Gasteiger partial charge in [0.15, 0.2) is 0 Å². The van der Waals surface area contributed by atoms with Crippen LogP contribution in [0.15, 0.2) is 36.4 Å². The Kier molecular flexibility index (Phi) is 6.06. The fraction of sp³-hybridized carbons (Fsp3) is 0.500. The van der Waals surface area contributed by atoms with E-state index in [9.17, 15) is 5.11 Å². The molecule has 1 rings (SSSR count). The third-order valence-corrected chi connectivity index (χ3v) is 2.78. The minimum Gasteiger partial charge on any atom is -0.489 e. The van der Waals surface area contributed by atoms with E-state index in [0.717, 1.165) is 16.9 Å². The van der Waals surface area contributed by atoms with Crippen molar-refractivity contribution < 1.29 is 9.84 Å². The number of aliphatic hydroxyl groups is 1. The van der Waals surface area contributed by atoms with Crippen molar-refractivity contribution in [3.63, 3.8) is 0 Å². The Labute approximate surface area is 116 Å². The summed E-state index contributed by atoms with van der Waals surface area (Å²) in [5.41, 5.74) is 1.88. The minimum atomic E-state index is -0.516. The molecule has 2 N–H and O–H groups in total. The Hall–Kier alpha value is -1.32. The first kappa shape index (κ1) is 15.7. The summed E-state index contributed by atoms with van der Waals surface area (Å²) in [5, 5.41) is 13.5. The summed E-state index contributed by atoms with van der Waals surface area (Å²) in [6, 6.07) is 7.92. The number of ether oxygens (including phenoxy) is 1. The predicted molar refractivity (Wildman–Crippen MR) is 79.4 cm³/mol. The van der Waals surface area contributed by atoms with Crippen molar-refractivity contribution in [3.05, 3.63) is 42.0 Å². The van der Waals surface area contributed by atoms with E-state index in [1.165, 1.54) is 0 Å². The summed E-state index contributed by atoms with van der Waals surface area (Å²) in [6.07, 6.45) is -0.516. The highest BCUT2D eigenvalue weighted by Crippen LogP contribution is 2.20. The van der Waals surface area contributed by atoms with Crippen molar-refractivity contribution in [1.82, 2.24) is 5.32 Å². The van der Waals surface area contributed by atoms with E-state index in [-0.39, 0.29) is 6.04 Å². The first-order valence-corrected chi connectivity index (χ1v) is 6.71. The summed E-state index contributed by atoms with van der Waals surface area (Å²) >= 11 is 0. The molecule has 0 fully saturated rings. The van der Waals surface area contributed by atoms with Crippen molar-refractivity contribution in [2.45, 2.75) is 45.9 Å². The van der Waals surface area contributed by atoms with Gasteiger partial charge in [-0.2, -0.15) is 0 Å². The van der Waals surface area contributed by atoms with Crippen LogP contribution in [0.4, 0.5) is 0 Å². The fourth-order valence-corrected chi connectivity index (χ4v) is 1.87. The monoisotopic (exact) mass is 263 g/mol. The Bertz CT molecular complexity index is 398. The van der Waals surface area contributed by atoms with Crippen LogP contribution in [0.25, 0.3) is 0 Å². The van der Waals surface area contributed by atoms with Gasteiger partial charge in [-0.25, -0.2) is 0 Å². The highest BCUT2D eigenvalue weighted by molar-refractivity contribution is 5.29. The molecule has 0 spiro atoms. The lowest BCUT2D eigenvalue weighted by Gasteiger charge is -2.23. The molecule has 0 radical (unpaired) electrons. The van der Waals surface area contributed by atoms with Crippen LogP contribution in [0.1, 0.15) is 39.4 Å². The summed E-state index contributed by atoms with van der Waals surface area (Å²) in [6.45, 7) is 12.4. The molecule has 106 valence electrons. The zero-order valence-corrected chi connectivity index (χ0v) is 12.3. The predicted octanol–water partition coefficient (Wildman–Crippen LogP) is 3.06. The van der Waals surface area contributed by atoms with Gasteiger partial charge in [-0.05, 0) is 37.1 Å². The fourth-order valence-electron chi connectivity index (χ4n) is 1.87. The van der Waals surface area contributed by atoms with Gasteiger partial charge < -0.3 is 15.2 Å². The molecule has 0 saturated heterocycles. The highest BCUT2D eigenvalue weighted by Gasteiger charge is 2.16. The van der Waals surface area contributed by atoms with Crippen molar-refractivity contribution >= 4 is 0 Å². The molecule has 0 saturated carbocycles. The number of benzene rings is 1. The maximum absolute atomic E-state index is 10.2. The first-order chi connectivity index (χ1) is 8.90. The van der Waals surface area contributed by atoms with Crippen LogP contribution in [0.2, 0.25) is 0 Å². The highest BCUT2D eigenvalue weighted by atomic mass is 16.5. The van der Waals surface area contributed by atoms with E-state index >= 15 is 0 Å². The zero-order chi connectivity index (χ0) is 14.4. The van der Waals surface area contributed by atoms with Gasteiger partial charge in [-0.15, -0.1) is 0 Å². The molecule has 1 aromatic rings. The maximum Gasteiger partial charge on any atom is 0.119 e. The van der Waals surface area contributed by atoms with Gasteiger partial charge in [0.25, 0.3) is 0 Å². The lowest BCUT2D eigenvalue weighted by molar-refractivity contribution is 0.131. The standard InChI is InChI=1S/C16H25NO2/c1-11(2)10-19-15-8-6-14(7-9-15)16(18)13(5)17-12(3)4/h6-9,12-13,16-18H,1,10H2,2-5H3. The van der Waals surface area contributed by atoms with Gasteiger partial charge in [-0.3, -0.25) is 0 Å². The molecule has 0 aliphatic carbocycles. The molecule has 0 heterocycles. The van der Waals surface area contributed by atoms with Crippen LogP contribution in [0.5, 0.6) is 5.75 Å². The lowest BCUT2D eigenvalue weighted by atomic mass is 10.0. The quantitative estimate of drug-likeness (QED) is 0.743. The molecule has 0 aromatic heterocycles. The number of aliphatic hydroxyl groups excluding tert-OH is 1. The molecule has 0 amide bonds. The third kappa shape index (κ3) is 5.45. The Morgan fingerprint density at radius 1 is 1.26 bits per heavy atom. The van der Waals surface area contributed by atoms with Crippen LogP contribution in [0.3, 0.4) is 0 Å². The summed E-state index contributed by atoms with van der Waals surface area (Å²) in [4.78, 5) is 0. The van der Waals surface area contributed by atoms with Crippen molar-refractivity contribution in [2.24, 2.45) is 0 Å². The molecule has 0 bridgehead atoms. The molecular formula is C16H25NO2. The Balaban J connectivity index is 2.62. The number of rotatable bonds is 7. The molecule has 2 unspecified atom stereocenters. The third-order valence-electron chi connectivity index (χ3n) is 2.78. The van der Waals surface area contributed by atoms with Crippen molar-refractivity contribution in [2.75, 3.05) is 6.61 Å². The van der Waals surface area contributed by atoms with Crippen molar-refractivity contribution in [3.8, 4) is 5.75 Å². The largest absolute Gasteiger partial charge is 0.489 e. The van der Waals surface area contributed by atoms with E-state index in [4.69, 9.17) is 4.74 Å². The second kappa shape index (κ2) is 7.31. The molecule has 1 aromatic carbocycles. The van der Waals surface area contributed by atoms with Gasteiger partial charge in [0, 0.05) is 12.1 Å². The van der Waals surface area contributed by atoms with Crippen LogP contribution >= 0.6 is 0 Å². The van der Waals surface area contributed by atoms with Gasteiger partial charge >= 0.3 is 0 Å². The summed E-state index contributed by atoms with van der Waals surface area (Å²) in [5.74, 6) is 0.795. The Morgan fingerprint density at radius 2 is 1.84 bits per heavy atom. The topological polar surface area (TPSA) is 41.5 Å². The van der Waals surface area contributed by atoms with Crippen molar-refractivity contribution in [1.29, 1.82) is 0 Å². The number of hydrogen-bond acceptors (Lipinski definition) is 3. The molecule has 3 nitrogen and oxygen atoms in total. The van der Waals surface area contributed by atoms with E-state index < -0.39 is 6.10 Å². The first-order valence-electron chi connectivity index (χ1n) is 6.71. The summed E-state index contributed by atoms with van der Waals surface area (Å²) in [7, 11) is 0. The van der Waals surface area contributed by atoms with E-state index in [2.05, 4.69) is 25.7 Å². The zero-order valence-electron chi connectivity index (χ0n) is 12.3. The van der Waals surface area contributed by atoms with E-state index in [1.54, 1.807) is 0 Å². The van der Waals surface area contributed by atoms with Crippen LogP contribution < -0.4 is 10.1 Å².